The zero-order chi connectivity index (χ0) is 8.97. The number of aromatic nitrogens is 1. The first kappa shape index (κ1) is 9.04. The fourth-order valence-electron chi connectivity index (χ4n) is 1.40. The summed E-state index contributed by atoms with van der Waals surface area (Å²) in [4.78, 5) is 14.3. The summed E-state index contributed by atoms with van der Waals surface area (Å²) >= 11 is 0. The lowest BCUT2D eigenvalue weighted by molar-refractivity contribution is 0.658. The fourth-order valence-corrected chi connectivity index (χ4v) is 1.40. The van der Waals surface area contributed by atoms with Gasteiger partial charge in [-0.25, -0.2) is 0 Å². The maximum absolute atomic E-state index is 11.3. The third kappa shape index (κ3) is 1.97. The molecule has 0 aliphatic carbocycles. The van der Waals surface area contributed by atoms with Crippen LogP contribution in [0.4, 0.5) is 0 Å². The lowest BCUT2D eigenvalue weighted by Gasteiger charge is -2.07. The van der Waals surface area contributed by atoms with E-state index in [1.807, 2.05) is 6.20 Å². The van der Waals surface area contributed by atoms with E-state index in [0.717, 1.165) is 18.4 Å². The summed E-state index contributed by atoms with van der Waals surface area (Å²) < 4.78 is 0. The van der Waals surface area contributed by atoms with E-state index in [1.165, 1.54) is 0 Å². The Morgan fingerprint density at radius 2 is 2.33 bits per heavy atom. The van der Waals surface area contributed by atoms with Crippen LogP contribution in [0, 0.1) is 0 Å². The summed E-state index contributed by atoms with van der Waals surface area (Å²) in [7, 11) is 0. The molecule has 0 spiro atoms. The van der Waals surface area contributed by atoms with Gasteiger partial charge >= 0.3 is 0 Å². The van der Waals surface area contributed by atoms with Crippen LogP contribution in [0.1, 0.15) is 38.2 Å². The molecule has 1 N–H and O–H groups in total. The monoisotopic (exact) mass is 165 g/mol. The van der Waals surface area contributed by atoms with Gasteiger partial charge in [0.1, 0.15) is 0 Å². The highest BCUT2D eigenvalue weighted by Crippen LogP contribution is 2.15. The molecular weight excluding hydrogens is 150 g/mol. The van der Waals surface area contributed by atoms with Crippen molar-refractivity contribution in [3.8, 4) is 0 Å². The van der Waals surface area contributed by atoms with E-state index < -0.39 is 0 Å². The van der Waals surface area contributed by atoms with Crippen molar-refractivity contribution in [3.63, 3.8) is 0 Å². The first-order chi connectivity index (χ1) is 5.75. The second-order valence-electron chi connectivity index (χ2n) is 3.15. The Labute approximate surface area is 72.6 Å². The maximum Gasteiger partial charge on any atom is 0.184 e. The van der Waals surface area contributed by atoms with Crippen molar-refractivity contribution in [1.29, 1.82) is 0 Å². The van der Waals surface area contributed by atoms with Crippen LogP contribution in [0.15, 0.2) is 23.3 Å². The average Bonchev–Trinajstić information content (AvgIpc) is 2.05. The molecule has 0 radical (unpaired) electrons. The Morgan fingerprint density at radius 3 is 2.92 bits per heavy atom. The quantitative estimate of drug-likeness (QED) is 0.732. The van der Waals surface area contributed by atoms with Gasteiger partial charge < -0.3 is 4.98 Å². The molecule has 1 unspecified atom stereocenters. The summed E-state index contributed by atoms with van der Waals surface area (Å²) in [5.41, 5.74) is 1.05. The van der Waals surface area contributed by atoms with Gasteiger partial charge in [0.2, 0.25) is 0 Å². The van der Waals surface area contributed by atoms with Crippen molar-refractivity contribution in [2.75, 3.05) is 0 Å². The molecule has 0 saturated heterocycles. The number of pyridine rings is 1. The van der Waals surface area contributed by atoms with Crippen molar-refractivity contribution >= 4 is 0 Å². The molecule has 2 heteroatoms. The molecule has 1 rings (SSSR count). The first-order valence-electron chi connectivity index (χ1n) is 4.42. The van der Waals surface area contributed by atoms with E-state index in [4.69, 9.17) is 0 Å². The van der Waals surface area contributed by atoms with Gasteiger partial charge in [-0.15, -0.1) is 0 Å². The van der Waals surface area contributed by atoms with E-state index in [9.17, 15) is 4.79 Å². The number of H-pyrrole nitrogens is 1. The highest BCUT2D eigenvalue weighted by Gasteiger charge is 2.06. The van der Waals surface area contributed by atoms with Gasteiger partial charge in [-0.05, 0) is 12.3 Å². The minimum absolute atomic E-state index is 0.148. The first-order valence-corrected chi connectivity index (χ1v) is 4.42. The van der Waals surface area contributed by atoms with E-state index in [1.54, 1.807) is 12.3 Å². The number of hydrogen-bond donors (Lipinski definition) is 1. The van der Waals surface area contributed by atoms with Gasteiger partial charge in [0, 0.05) is 24.0 Å². The van der Waals surface area contributed by atoms with Gasteiger partial charge in [0.15, 0.2) is 5.43 Å². The summed E-state index contributed by atoms with van der Waals surface area (Å²) in [6, 6.07) is 1.58. The van der Waals surface area contributed by atoms with Crippen molar-refractivity contribution in [1.82, 2.24) is 4.98 Å². The van der Waals surface area contributed by atoms with E-state index in [2.05, 4.69) is 18.8 Å². The van der Waals surface area contributed by atoms with Crippen molar-refractivity contribution in [2.45, 2.75) is 32.6 Å². The Kier molecular flexibility index (Phi) is 3.09. The van der Waals surface area contributed by atoms with Gasteiger partial charge in [0.25, 0.3) is 0 Å². The number of aromatic amines is 1. The molecule has 0 aliphatic heterocycles. The molecule has 1 aromatic heterocycles. The second-order valence-corrected chi connectivity index (χ2v) is 3.15. The Morgan fingerprint density at radius 1 is 1.58 bits per heavy atom. The molecule has 1 aromatic rings. The molecule has 1 heterocycles. The van der Waals surface area contributed by atoms with Crippen LogP contribution >= 0.6 is 0 Å². The van der Waals surface area contributed by atoms with E-state index in [-0.39, 0.29) is 5.43 Å². The smallest absolute Gasteiger partial charge is 0.184 e. The number of hydrogen-bond acceptors (Lipinski definition) is 1. The lowest BCUT2D eigenvalue weighted by atomic mass is 9.98. The van der Waals surface area contributed by atoms with Gasteiger partial charge in [-0.3, -0.25) is 4.79 Å². The molecule has 0 saturated carbocycles. The van der Waals surface area contributed by atoms with Crippen molar-refractivity contribution in [3.05, 3.63) is 34.2 Å². The zero-order valence-electron chi connectivity index (χ0n) is 7.63. The summed E-state index contributed by atoms with van der Waals surface area (Å²) in [6.07, 6.45) is 5.68. The average molecular weight is 165 g/mol. The van der Waals surface area contributed by atoms with E-state index >= 15 is 0 Å². The third-order valence-corrected chi connectivity index (χ3v) is 2.11. The topological polar surface area (TPSA) is 32.9 Å². The highest BCUT2D eigenvalue weighted by molar-refractivity contribution is 5.13. The van der Waals surface area contributed by atoms with Crippen LogP contribution in [-0.4, -0.2) is 4.98 Å². The lowest BCUT2D eigenvalue weighted by Crippen LogP contribution is -2.10. The SMILES string of the molecule is CCCC(C)c1c[nH]ccc1=O. The largest absolute Gasteiger partial charge is 0.367 e. The fraction of sp³-hybridized carbons (Fsp3) is 0.500. The van der Waals surface area contributed by atoms with Gasteiger partial charge in [-0.2, -0.15) is 0 Å². The van der Waals surface area contributed by atoms with Gasteiger partial charge in [-0.1, -0.05) is 20.3 Å². The normalized spacial score (nSPS) is 12.8. The van der Waals surface area contributed by atoms with Crippen molar-refractivity contribution in [2.24, 2.45) is 0 Å². The Balaban J connectivity index is 2.87. The highest BCUT2D eigenvalue weighted by atomic mass is 16.1. The Bertz CT molecular complexity index is 290. The van der Waals surface area contributed by atoms with Crippen LogP contribution in [0.5, 0.6) is 0 Å². The molecule has 12 heavy (non-hydrogen) atoms. The van der Waals surface area contributed by atoms with Gasteiger partial charge in [0.05, 0.1) is 0 Å². The molecule has 0 aromatic carbocycles. The maximum atomic E-state index is 11.3. The molecule has 0 aliphatic rings. The standard InChI is InChI=1S/C10H15NO/c1-3-4-8(2)9-7-11-6-5-10(9)12/h5-8H,3-4H2,1-2H3,(H,11,12). The molecule has 0 amide bonds. The molecule has 0 bridgehead atoms. The van der Waals surface area contributed by atoms with Crippen LogP contribution in [0.25, 0.3) is 0 Å². The minimum Gasteiger partial charge on any atom is -0.367 e. The number of rotatable bonds is 3. The molecule has 66 valence electrons. The summed E-state index contributed by atoms with van der Waals surface area (Å²) in [5, 5.41) is 0. The molecule has 0 fully saturated rings. The third-order valence-electron chi connectivity index (χ3n) is 2.11. The van der Waals surface area contributed by atoms with Crippen LogP contribution in [0.2, 0.25) is 0 Å². The predicted molar refractivity (Wildman–Crippen MR) is 50.4 cm³/mol. The second kappa shape index (κ2) is 4.10. The number of nitrogens with one attached hydrogen (secondary N) is 1. The summed E-state index contributed by atoms with van der Waals surface area (Å²) in [6.45, 7) is 4.22. The summed E-state index contributed by atoms with van der Waals surface area (Å²) in [5.74, 6) is 0.375. The predicted octanol–water partition coefficient (Wildman–Crippen LogP) is 2.28. The van der Waals surface area contributed by atoms with Crippen LogP contribution < -0.4 is 5.43 Å². The zero-order valence-corrected chi connectivity index (χ0v) is 7.63. The molecule has 2 nitrogen and oxygen atoms in total. The molecule has 1 atom stereocenters. The minimum atomic E-state index is 0.148. The van der Waals surface area contributed by atoms with Crippen molar-refractivity contribution < 1.29 is 0 Å². The Hall–Kier alpha value is -1.05. The van der Waals surface area contributed by atoms with E-state index in [0.29, 0.717) is 5.92 Å². The molecular formula is C10H15NO. The van der Waals surface area contributed by atoms with Crippen LogP contribution in [0.3, 0.4) is 0 Å². The van der Waals surface area contributed by atoms with Crippen LogP contribution in [-0.2, 0) is 0 Å².